The Kier molecular flexibility index (Phi) is 7.20. The first-order valence-electron chi connectivity index (χ1n) is 10.8. The van der Waals surface area contributed by atoms with Crippen molar-refractivity contribution in [1.29, 1.82) is 0 Å². The molecular weight excluding hydrogens is 453 g/mol. The first-order valence-corrected chi connectivity index (χ1v) is 10.8. The van der Waals surface area contributed by atoms with Crippen molar-refractivity contribution in [3.63, 3.8) is 0 Å². The van der Waals surface area contributed by atoms with E-state index in [4.69, 9.17) is 9.47 Å². The number of methoxy groups -OCH3 is 2. The fourth-order valence-electron chi connectivity index (χ4n) is 3.52. The second-order valence-electron chi connectivity index (χ2n) is 7.69. The van der Waals surface area contributed by atoms with E-state index in [9.17, 15) is 14.0 Å². The molecule has 4 rings (SSSR count). The van der Waals surface area contributed by atoms with Gasteiger partial charge in [-0.2, -0.15) is 0 Å². The quantitative estimate of drug-likeness (QED) is 0.398. The first-order chi connectivity index (χ1) is 17.0. The maximum Gasteiger partial charge on any atom is 0.258 e. The molecule has 0 fully saturated rings. The molecule has 1 amide bonds. The van der Waals surface area contributed by atoms with Gasteiger partial charge >= 0.3 is 0 Å². The first kappa shape index (κ1) is 23.7. The fraction of sp³-hybridized carbons (Fsp3) is 0.200. The summed E-state index contributed by atoms with van der Waals surface area (Å²) in [5.74, 6) is -0.891. The molecule has 4 aromatic rings. The highest BCUT2D eigenvalue weighted by molar-refractivity contribution is 5.96. The van der Waals surface area contributed by atoms with Crippen LogP contribution in [0.15, 0.2) is 71.9 Å². The SMILES string of the molecule is COc1ccnc(CNC(=O)c2cn(Cc3ccc(Cn4ccccc4=O)cc3)nc2OC)c1F. The lowest BCUT2D eigenvalue weighted by Crippen LogP contribution is -2.24. The number of benzene rings is 1. The number of hydrogen-bond acceptors (Lipinski definition) is 6. The summed E-state index contributed by atoms with van der Waals surface area (Å²) in [6.45, 7) is 0.756. The van der Waals surface area contributed by atoms with Gasteiger partial charge in [0, 0.05) is 30.7 Å². The van der Waals surface area contributed by atoms with Crippen molar-refractivity contribution in [3.8, 4) is 11.6 Å². The summed E-state index contributed by atoms with van der Waals surface area (Å²) in [4.78, 5) is 28.6. The maximum absolute atomic E-state index is 14.3. The largest absolute Gasteiger partial charge is 0.494 e. The predicted octanol–water partition coefficient (Wildman–Crippen LogP) is 2.62. The molecule has 0 aliphatic rings. The average molecular weight is 477 g/mol. The summed E-state index contributed by atoms with van der Waals surface area (Å²) in [5, 5.41) is 6.96. The molecule has 0 aliphatic heterocycles. The van der Waals surface area contributed by atoms with Crippen molar-refractivity contribution < 1.29 is 18.7 Å². The molecule has 0 spiro atoms. The second-order valence-corrected chi connectivity index (χ2v) is 7.69. The number of pyridine rings is 2. The lowest BCUT2D eigenvalue weighted by Gasteiger charge is -2.07. The van der Waals surface area contributed by atoms with E-state index < -0.39 is 11.7 Å². The molecule has 0 aliphatic carbocycles. The zero-order valence-corrected chi connectivity index (χ0v) is 19.3. The predicted molar refractivity (Wildman–Crippen MR) is 126 cm³/mol. The number of nitrogens with zero attached hydrogens (tertiary/aromatic N) is 4. The number of aromatic nitrogens is 4. The van der Waals surface area contributed by atoms with E-state index in [0.29, 0.717) is 13.1 Å². The molecule has 1 aromatic carbocycles. The van der Waals surface area contributed by atoms with Crippen molar-refractivity contribution in [2.45, 2.75) is 19.6 Å². The highest BCUT2D eigenvalue weighted by Crippen LogP contribution is 2.19. The number of carbonyl (C=O) groups excluding carboxylic acids is 1. The monoisotopic (exact) mass is 477 g/mol. The molecule has 0 unspecified atom stereocenters. The molecule has 3 heterocycles. The Hall–Kier alpha value is -4.47. The zero-order chi connectivity index (χ0) is 24.8. The highest BCUT2D eigenvalue weighted by atomic mass is 19.1. The Morgan fingerprint density at radius 1 is 1.03 bits per heavy atom. The van der Waals surface area contributed by atoms with Crippen molar-refractivity contribution in [1.82, 2.24) is 24.6 Å². The minimum Gasteiger partial charge on any atom is -0.494 e. The minimum atomic E-state index is -0.626. The van der Waals surface area contributed by atoms with Crippen LogP contribution in [-0.2, 0) is 19.6 Å². The number of ether oxygens (including phenoxy) is 2. The fourth-order valence-corrected chi connectivity index (χ4v) is 3.52. The van der Waals surface area contributed by atoms with Crippen LogP contribution in [-0.4, -0.2) is 39.5 Å². The van der Waals surface area contributed by atoms with Crippen LogP contribution in [0, 0.1) is 5.82 Å². The average Bonchev–Trinajstić information content (AvgIpc) is 3.28. The van der Waals surface area contributed by atoms with Crippen molar-refractivity contribution in [2.24, 2.45) is 0 Å². The van der Waals surface area contributed by atoms with Crippen molar-refractivity contribution in [3.05, 3.63) is 106 Å². The number of amides is 1. The lowest BCUT2D eigenvalue weighted by atomic mass is 10.1. The van der Waals surface area contributed by atoms with Crippen molar-refractivity contribution in [2.75, 3.05) is 14.2 Å². The molecule has 9 nitrogen and oxygen atoms in total. The molecule has 1 N–H and O–H groups in total. The topological polar surface area (TPSA) is 100 Å². The third-order valence-corrected chi connectivity index (χ3v) is 5.35. The van der Waals surface area contributed by atoms with Gasteiger partial charge in [0.05, 0.1) is 39.5 Å². The van der Waals surface area contributed by atoms with E-state index in [1.807, 2.05) is 30.3 Å². The van der Waals surface area contributed by atoms with Gasteiger partial charge in [0.15, 0.2) is 11.6 Å². The molecule has 0 saturated heterocycles. The zero-order valence-electron chi connectivity index (χ0n) is 19.3. The Bertz CT molecular complexity index is 1380. The third kappa shape index (κ3) is 5.55. The van der Waals surface area contributed by atoms with Crippen LogP contribution in [0.4, 0.5) is 4.39 Å². The Labute approximate surface area is 200 Å². The van der Waals surface area contributed by atoms with E-state index >= 15 is 0 Å². The van der Waals surface area contributed by atoms with Crippen LogP contribution >= 0.6 is 0 Å². The molecule has 0 bridgehead atoms. The standard InChI is InChI=1S/C25H24FN5O4/c1-34-21-10-11-27-20(23(21)26)13-28-24(33)19-16-31(29-25(19)35-2)15-18-8-6-17(7-9-18)14-30-12-4-3-5-22(30)32/h3-12,16H,13-15H2,1-2H3,(H,28,33). The third-order valence-electron chi connectivity index (χ3n) is 5.35. The van der Waals surface area contributed by atoms with Gasteiger partial charge in [-0.25, -0.2) is 4.39 Å². The molecule has 0 saturated carbocycles. The highest BCUT2D eigenvalue weighted by Gasteiger charge is 2.19. The summed E-state index contributed by atoms with van der Waals surface area (Å²) in [7, 11) is 2.78. The summed E-state index contributed by atoms with van der Waals surface area (Å²) >= 11 is 0. The van der Waals surface area contributed by atoms with E-state index in [2.05, 4.69) is 15.4 Å². The van der Waals surface area contributed by atoms with Gasteiger partial charge in [0.1, 0.15) is 5.56 Å². The smallest absolute Gasteiger partial charge is 0.258 e. The molecule has 35 heavy (non-hydrogen) atoms. The van der Waals surface area contributed by atoms with E-state index in [-0.39, 0.29) is 35.0 Å². The van der Waals surface area contributed by atoms with Gasteiger partial charge in [-0.15, -0.1) is 5.10 Å². The molecular formula is C25H24FN5O4. The number of nitrogens with one attached hydrogen (secondary N) is 1. The second kappa shape index (κ2) is 10.6. The number of halogens is 1. The summed E-state index contributed by atoms with van der Waals surface area (Å²) in [5.41, 5.74) is 2.15. The number of rotatable bonds is 9. The number of hydrogen-bond donors (Lipinski definition) is 1. The normalized spacial score (nSPS) is 10.7. The Morgan fingerprint density at radius 3 is 2.46 bits per heavy atom. The minimum absolute atomic E-state index is 0.0523. The van der Waals surface area contributed by atoms with Crippen LogP contribution in [0.3, 0.4) is 0 Å². The molecule has 0 radical (unpaired) electrons. The Morgan fingerprint density at radius 2 is 1.77 bits per heavy atom. The van der Waals surface area contributed by atoms with Crippen LogP contribution < -0.4 is 20.3 Å². The van der Waals surface area contributed by atoms with E-state index in [0.717, 1.165) is 11.1 Å². The van der Waals surface area contributed by atoms with Crippen molar-refractivity contribution >= 4 is 5.91 Å². The Balaban J connectivity index is 1.42. The van der Waals surface area contributed by atoms with Crippen LogP contribution in [0.2, 0.25) is 0 Å². The van der Waals surface area contributed by atoms with Gasteiger partial charge in [-0.05, 0) is 17.2 Å². The maximum atomic E-state index is 14.3. The van der Waals surface area contributed by atoms with Crippen LogP contribution in [0.5, 0.6) is 11.6 Å². The van der Waals surface area contributed by atoms with Gasteiger partial charge < -0.3 is 19.4 Å². The van der Waals surface area contributed by atoms with Gasteiger partial charge in [0.2, 0.25) is 5.88 Å². The summed E-state index contributed by atoms with van der Waals surface area (Å²) < 4.78 is 27.7. The molecule has 10 heteroatoms. The molecule has 3 aromatic heterocycles. The van der Waals surface area contributed by atoms with Crippen LogP contribution in [0.1, 0.15) is 27.2 Å². The van der Waals surface area contributed by atoms with E-state index in [1.54, 1.807) is 27.7 Å². The van der Waals surface area contributed by atoms with Gasteiger partial charge in [0.25, 0.3) is 11.5 Å². The van der Waals surface area contributed by atoms with E-state index in [1.165, 1.54) is 32.5 Å². The van der Waals surface area contributed by atoms with Gasteiger partial charge in [-0.1, -0.05) is 30.3 Å². The molecule has 0 atom stereocenters. The summed E-state index contributed by atoms with van der Waals surface area (Å²) in [6, 6.07) is 14.2. The molecule has 180 valence electrons. The van der Waals surface area contributed by atoms with Crippen LogP contribution in [0.25, 0.3) is 0 Å². The number of carbonyl (C=O) groups is 1. The summed E-state index contributed by atoms with van der Waals surface area (Å²) in [6.07, 6.45) is 4.73. The lowest BCUT2D eigenvalue weighted by molar-refractivity contribution is 0.0947. The van der Waals surface area contributed by atoms with Gasteiger partial charge in [-0.3, -0.25) is 19.3 Å².